The summed E-state index contributed by atoms with van der Waals surface area (Å²) in [5, 5.41) is 0. The molecule has 6 heteroatoms. The zero-order chi connectivity index (χ0) is 14.6. The van der Waals surface area contributed by atoms with E-state index in [0.717, 1.165) is 17.4 Å². The third-order valence-corrected chi connectivity index (χ3v) is 5.10. The Kier molecular flexibility index (Phi) is 5.43. The van der Waals surface area contributed by atoms with Crippen LogP contribution < -0.4 is 0 Å². The van der Waals surface area contributed by atoms with Gasteiger partial charge in [-0.25, -0.2) is 8.42 Å². The lowest BCUT2D eigenvalue weighted by atomic mass is 10.0. The summed E-state index contributed by atoms with van der Waals surface area (Å²) in [6, 6.07) is 5.45. The maximum atomic E-state index is 12.0. The van der Waals surface area contributed by atoms with Crippen LogP contribution in [0.5, 0.6) is 0 Å². The lowest BCUT2D eigenvalue weighted by Gasteiger charge is -2.06. The highest BCUT2D eigenvalue weighted by Gasteiger charge is 2.14. The number of carbonyl (C=O) groups excluding carboxylic acids is 1. The number of ketones is 1. The minimum atomic E-state index is -3.14. The van der Waals surface area contributed by atoms with Crippen LogP contribution in [0, 0.1) is 13.8 Å². The van der Waals surface area contributed by atoms with Crippen molar-refractivity contribution in [3.63, 3.8) is 0 Å². The average Bonchev–Trinajstić information content (AvgIpc) is 2.25. The molecule has 106 valence electrons. The zero-order valence-electron chi connectivity index (χ0n) is 11.3. The Hall–Kier alpha value is -1.01. The monoisotopic (exact) mass is 302 g/mol. The number of carbonyl (C=O) groups is 1. The van der Waals surface area contributed by atoms with E-state index in [0.29, 0.717) is 5.56 Å². The molecule has 0 saturated carbocycles. The Balaban J connectivity index is 2.67. The SMILES string of the molecule is Cc1ccc(C(=O)CS(=O)CCS(C)(=O)=O)c(C)c1. The van der Waals surface area contributed by atoms with Crippen molar-refractivity contribution >= 4 is 26.4 Å². The molecule has 1 atom stereocenters. The molecule has 0 aliphatic carbocycles. The quantitative estimate of drug-likeness (QED) is 0.742. The first kappa shape index (κ1) is 16.0. The summed E-state index contributed by atoms with van der Waals surface area (Å²) in [5.74, 6) is -0.473. The lowest BCUT2D eigenvalue weighted by Crippen LogP contribution is -2.18. The van der Waals surface area contributed by atoms with Gasteiger partial charge in [-0.3, -0.25) is 9.00 Å². The molecule has 0 aromatic heterocycles. The summed E-state index contributed by atoms with van der Waals surface area (Å²) >= 11 is 0. The second kappa shape index (κ2) is 6.43. The van der Waals surface area contributed by atoms with E-state index in [9.17, 15) is 17.4 Å². The first-order chi connectivity index (χ1) is 8.69. The Morgan fingerprint density at radius 1 is 1.26 bits per heavy atom. The van der Waals surface area contributed by atoms with E-state index in [-0.39, 0.29) is 23.0 Å². The Morgan fingerprint density at radius 3 is 2.42 bits per heavy atom. The zero-order valence-corrected chi connectivity index (χ0v) is 12.9. The van der Waals surface area contributed by atoms with Gasteiger partial charge >= 0.3 is 0 Å². The highest BCUT2D eigenvalue weighted by molar-refractivity contribution is 7.92. The van der Waals surface area contributed by atoms with E-state index in [1.54, 1.807) is 6.07 Å². The first-order valence-corrected chi connectivity index (χ1v) is 9.37. The van der Waals surface area contributed by atoms with Crippen LogP contribution in [0.25, 0.3) is 0 Å². The molecule has 0 saturated heterocycles. The van der Waals surface area contributed by atoms with E-state index in [1.807, 2.05) is 26.0 Å². The summed E-state index contributed by atoms with van der Waals surface area (Å²) in [6.07, 6.45) is 1.09. The normalized spacial score (nSPS) is 13.2. The van der Waals surface area contributed by atoms with Crippen LogP contribution in [0.1, 0.15) is 21.5 Å². The van der Waals surface area contributed by atoms with Crippen molar-refractivity contribution in [3.8, 4) is 0 Å². The van der Waals surface area contributed by atoms with Crippen LogP contribution in [-0.2, 0) is 20.6 Å². The Labute approximate surface area is 116 Å². The van der Waals surface area contributed by atoms with Gasteiger partial charge in [0.05, 0.1) is 11.5 Å². The molecule has 1 aromatic carbocycles. The van der Waals surface area contributed by atoms with Crippen molar-refractivity contribution in [1.82, 2.24) is 0 Å². The van der Waals surface area contributed by atoms with Gasteiger partial charge in [0.15, 0.2) is 5.78 Å². The summed E-state index contributed by atoms with van der Waals surface area (Å²) in [5.41, 5.74) is 2.47. The van der Waals surface area contributed by atoms with Gasteiger partial charge in [-0.2, -0.15) is 0 Å². The van der Waals surface area contributed by atoms with Gasteiger partial charge in [0.1, 0.15) is 9.84 Å². The molecular formula is C13H18O4S2. The van der Waals surface area contributed by atoms with E-state index < -0.39 is 20.6 Å². The predicted octanol–water partition coefficient (Wildman–Crippen LogP) is 1.28. The molecule has 0 bridgehead atoms. The fourth-order valence-corrected chi connectivity index (χ4v) is 4.21. The van der Waals surface area contributed by atoms with Crippen LogP contribution in [0.2, 0.25) is 0 Å². The van der Waals surface area contributed by atoms with Gasteiger partial charge in [-0.05, 0) is 19.4 Å². The van der Waals surface area contributed by atoms with Crippen molar-refractivity contribution in [2.24, 2.45) is 0 Å². The van der Waals surface area contributed by atoms with Crippen molar-refractivity contribution in [2.75, 3.05) is 23.5 Å². The summed E-state index contributed by atoms with van der Waals surface area (Å²) in [7, 11) is -4.58. The number of hydrogen-bond acceptors (Lipinski definition) is 4. The largest absolute Gasteiger partial charge is 0.293 e. The second-order valence-electron chi connectivity index (χ2n) is 4.66. The molecule has 0 N–H and O–H groups in total. The minimum absolute atomic E-state index is 0.00941. The molecule has 0 heterocycles. The fourth-order valence-electron chi connectivity index (χ4n) is 1.67. The highest BCUT2D eigenvalue weighted by Crippen LogP contribution is 2.11. The van der Waals surface area contributed by atoms with Crippen molar-refractivity contribution in [1.29, 1.82) is 0 Å². The lowest BCUT2D eigenvalue weighted by molar-refractivity contribution is 0.102. The number of rotatable bonds is 6. The molecule has 19 heavy (non-hydrogen) atoms. The van der Waals surface area contributed by atoms with Crippen LogP contribution in [0.3, 0.4) is 0 Å². The summed E-state index contributed by atoms with van der Waals surface area (Å²) < 4.78 is 33.6. The second-order valence-corrected chi connectivity index (χ2v) is 8.50. The van der Waals surface area contributed by atoms with Gasteiger partial charge in [-0.1, -0.05) is 23.8 Å². The van der Waals surface area contributed by atoms with Crippen LogP contribution in [0.15, 0.2) is 18.2 Å². The molecule has 0 amide bonds. The molecule has 1 unspecified atom stereocenters. The Morgan fingerprint density at radius 2 is 1.89 bits per heavy atom. The van der Waals surface area contributed by atoms with Crippen LogP contribution in [0.4, 0.5) is 0 Å². The molecule has 1 aromatic rings. The minimum Gasteiger partial charge on any atom is -0.293 e. The molecule has 0 fully saturated rings. The first-order valence-electron chi connectivity index (χ1n) is 5.82. The van der Waals surface area contributed by atoms with Crippen LogP contribution in [-0.4, -0.2) is 41.9 Å². The number of sulfone groups is 1. The number of aryl methyl sites for hydroxylation is 2. The maximum absolute atomic E-state index is 12.0. The van der Waals surface area contributed by atoms with Crippen molar-refractivity contribution < 1.29 is 17.4 Å². The van der Waals surface area contributed by atoms with Gasteiger partial charge in [-0.15, -0.1) is 0 Å². The molecule has 4 nitrogen and oxygen atoms in total. The molecule has 1 rings (SSSR count). The third kappa shape index (κ3) is 5.65. The van der Waals surface area contributed by atoms with Gasteiger partial charge in [0.25, 0.3) is 0 Å². The van der Waals surface area contributed by atoms with Gasteiger partial charge in [0, 0.05) is 28.4 Å². The van der Waals surface area contributed by atoms with E-state index in [4.69, 9.17) is 0 Å². The highest BCUT2D eigenvalue weighted by atomic mass is 32.2. The maximum Gasteiger partial charge on any atom is 0.175 e. The number of hydrogen-bond donors (Lipinski definition) is 0. The van der Waals surface area contributed by atoms with E-state index >= 15 is 0 Å². The summed E-state index contributed by atoms with van der Waals surface area (Å²) in [4.78, 5) is 12.0. The van der Waals surface area contributed by atoms with Gasteiger partial charge in [0.2, 0.25) is 0 Å². The molecule has 0 aliphatic heterocycles. The predicted molar refractivity (Wildman–Crippen MR) is 77.8 cm³/mol. The topological polar surface area (TPSA) is 68.3 Å². The van der Waals surface area contributed by atoms with Gasteiger partial charge < -0.3 is 0 Å². The van der Waals surface area contributed by atoms with Crippen molar-refractivity contribution in [3.05, 3.63) is 34.9 Å². The van der Waals surface area contributed by atoms with E-state index in [2.05, 4.69) is 0 Å². The summed E-state index contributed by atoms with van der Waals surface area (Å²) in [6.45, 7) is 3.77. The number of Topliss-reactive ketones (excluding diaryl/α,β-unsaturated/α-hetero) is 1. The molecule has 0 spiro atoms. The third-order valence-electron chi connectivity index (χ3n) is 2.66. The molecule has 0 radical (unpaired) electrons. The van der Waals surface area contributed by atoms with E-state index in [1.165, 1.54) is 0 Å². The molecule has 0 aliphatic rings. The fraction of sp³-hybridized carbons (Fsp3) is 0.462. The Bertz CT molecular complexity index is 603. The van der Waals surface area contributed by atoms with Crippen LogP contribution >= 0.6 is 0 Å². The smallest absolute Gasteiger partial charge is 0.175 e. The molecular weight excluding hydrogens is 284 g/mol. The number of benzene rings is 1. The average molecular weight is 302 g/mol. The van der Waals surface area contributed by atoms with Crippen molar-refractivity contribution in [2.45, 2.75) is 13.8 Å². The standard InChI is InChI=1S/C13H18O4S2/c1-10-4-5-12(11(2)8-10)13(14)9-18(15)6-7-19(3,16)17/h4-5,8H,6-7,9H2,1-3H3.